The predicted molar refractivity (Wildman–Crippen MR) is 212 cm³/mol. The Hall–Kier alpha value is -6.31. The van der Waals surface area contributed by atoms with E-state index < -0.39 is 41.7 Å². The van der Waals surface area contributed by atoms with E-state index in [1.807, 2.05) is 30.3 Å². The summed E-state index contributed by atoms with van der Waals surface area (Å²) in [4.78, 5) is 52.4. The van der Waals surface area contributed by atoms with E-state index >= 15 is 0 Å². The fourth-order valence-corrected chi connectivity index (χ4v) is 8.09. The van der Waals surface area contributed by atoms with Crippen molar-refractivity contribution in [1.29, 1.82) is 0 Å². The number of carbonyl (C=O) groups excluding carboxylic acids is 4. The van der Waals surface area contributed by atoms with Crippen LogP contribution in [0.5, 0.6) is 28.7 Å². The number of carbonyl (C=O) groups is 4. The summed E-state index contributed by atoms with van der Waals surface area (Å²) in [5.41, 5.74) is 3.85. The molecule has 14 heteroatoms. The van der Waals surface area contributed by atoms with Crippen LogP contribution in [-0.4, -0.2) is 71.6 Å². The molecule has 4 aromatic rings. The van der Waals surface area contributed by atoms with Gasteiger partial charge in [0.15, 0.2) is 23.0 Å². The lowest BCUT2D eigenvalue weighted by atomic mass is 9.66. The van der Waals surface area contributed by atoms with Gasteiger partial charge in [0.05, 0.1) is 46.2 Å². The van der Waals surface area contributed by atoms with Gasteiger partial charge in [-0.1, -0.05) is 42.5 Å². The maximum Gasteiger partial charge on any atom is 0.310 e. The summed E-state index contributed by atoms with van der Waals surface area (Å²) in [5, 5.41) is 5.70. The van der Waals surface area contributed by atoms with E-state index in [1.165, 1.54) is 27.4 Å². The van der Waals surface area contributed by atoms with Gasteiger partial charge >= 0.3 is 11.9 Å². The van der Waals surface area contributed by atoms with Crippen LogP contribution in [0.25, 0.3) is 11.1 Å². The lowest BCUT2D eigenvalue weighted by molar-refractivity contribution is -0.155. The molecule has 59 heavy (non-hydrogen) atoms. The van der Waals surface area contributed by atoms with Crippen LogP contribution in [0.1, 0.15) is 72.8 Å². The molecule has 0 radical (unpaired) electrons. The highest BCUT2D eigenvalue weighted by Gasteiger charge is 2.54. The van der Waals surface area contributed by atoms with E-state index in [9.17, 15) is 23.6 Å². The number of nitrogens with one attached hydrogen (secondary N) is 2. The van der Waals surface area contributed by atoms with Gasteiger partial charge in [0, 0.05) is 42.5 Å². The Morgan fingerprint density at radius 1 is 0.814 bits per heavy atom. The van der Waals surface area contributed by atoms with Crippen LogP contribution in [-0.2, 0) is 28.7 Å². The second-order valence-corrected chi connectivity index (χ2v) is 14.7. The van der Waals surface area contributed by atoms with Gasteiger partial charge in [0.1, 0.15) is 11.9 Å². The van der Waals surface area contributed by atoms with Crippen molar-refractivity contribution in [1.82, 2.24) is 10.6 Å². The third-order valence-corrected chi connectivity index (χ3v) is 11.2. The van der Waals surface area contributed by atoms with Gasteiger partial charge in [-0.15, -0.1) is 0 Å². The second kappa shape index (κ2) is 18.1. The molecule has 13 nitrogen and oxygen atoms in total. The minimum Gasteiger partial charge on any atom is -0.493 e. The molecule has 4 aromatic carbocycles. The van der Waals surface area contributed by atoms with Gasteiger partial charge in [-0.3, -0.25) is 19.2 Å². The van der Waals surface area contributed by atoms with Crippen LogP contribution in [0.2, 0.25) is 0 Å². The molecule has 7 rings (SSSR count). The normalized spacial score (nSPS) is 19.1. The van der Waals surface area contributed by atoms with Crippen molar-refractivity contribution in [3.63, 3.8) is 0 Å². The number of cyclic esters (lactones) is 1. The maximum atomic E-state index is 14.9. The highest BCUT2D eigenvalue weighted by atomic mass is 19.1. The largest absolute Gasteiger partial charge is 0.493 e. The first kappa shape index (κ1) is 40.9. The van der Waals surface area contributed by atoms with E-state index in [1.54, 1.807) is 43.3 Å². The Morgan fingerprint density at radius 3 is 2.15 bits per heavy atom. The van der Waals surface area contributed by atoms with Gasteiger partial charge in [-0.25, -0.2) is 4.39 Å². The molecule has 0 saturated carbocycles. The monoisotopic (exact) mass is 810 g/mol. The van der Waals surface area contributed by atoms with Crippen molar-refractivity contribution >= 4 is 23.8 Å². The quantitative estimate of drug-likeness (QED) is 0.0959. The summed E-state index contributed by atoms with van der Waals surface area (Å²) < 4.78 is 54.8. The average molecular weight is 811 g/mol. The van der Waals surface area contributed by atoms with Crippen molar-refractivity contribution in [3.05, 3.63) is 101 Å². The van der Waals surface area contributed by atoms with Crippen LogP contribution in [0, 0.1) is 17.7 Å². The standard InChI is InChI=1S/C45H47FN2O11/c1-25(27-12-13-29(33(46)18-27)26-10-6-5-7-11-26)44(51)48-17-9-8-16-47-38(49)14-15-39(50)59-42-31-22-35-34(57-24-58-35)21-30(31)40(41-32(42)23-56-45(41)52)28-19-36(53-2)43(55-4)37(20-28)54-3/h5-7,10-13,18-22,25,32,40-42H,8-9,14-17,23-24H2,1-4H3,(H,47,49)(H,48,51)/t25-,32?,40-,41+,42+/m0/s1. The molecule has 1 fully saturated rings. The summed E-state index contributed by atoms with van der Waals surface area (Å²) >= 11 is 0. The molecule has 2 heterocycles. The molecular weight excluding hydrogens is 763 g/mol. The van der Waals surface area contributed by atoms with Crippen molar-refractivity contribution in [2.75, 3.05) is 47.8 Å². The number of benzene rings is 4. The number of methoxy groups -OCH3 is 3. The van der Waals surface area contributed by atoms with Crippen LogP contribution >= 0.6 is 0 Å². The van der Waals surface area contributed by atoms with Crippen molar-refractivity contribution < 1.29 is 56.7 Å². The number of unbranched alkanes of at least 4 members (excludes halogenated alkanes) is 1. The lowest BCUT2D eigenvalue weighted by Gasteiger charge is -2.38. The number of hydrogen-bond acceptors (Lipinski definition) is 11. The molecule has 1 aliphatic carbocycles. The Labute approximate surface area is 341 Å². The van der Waals surface area contributed by atoms with E-state index in [0.29, 0.717) is 82.5 Å². The SMILES string of the molecule is COc1cc([C@H]2c3cc4c(cc3[C@@H](OC(=O)CCC(=O)NCCCCNC(=O)[C@@H](C)c3ccc(-c5ccccc5)c(F)c3)C3COC(=O)[C@H]32)OCO4)cc(OC)c1OC. The molecule has 1 unspecified atom stereocenters. The predicted octanol–water partition coefficient (Wildman–Crippen LogP) is 6.36. The number of hydrogen-bond donors (Lipinski definition) is 2. The van der Waals surface area contributed by atoms with Crippen LogP contribution < -0.4 is 34.3 Å². The molecule has 2 amide bonds. The first-order valence-corrected chi connectivity index (χ1v) is 19.6. The van der Waals surface area contributed by atoms with E-state index in [2.05, 4.69) is 10.6 Å². The highest BCUT2D eigenvalue weighted by Crippen LogP contribution is 2.56. The molecule has 2 aliphatic heterocycles. The third-order valence-electron chi connectivity index (χ3n) is 11.2. The summed E-state index contributed by atoms with van der Waals surface area (Å²) in [6, 6.07) is 21.2. The zero-order valence-corrected chi connectivity index (χ0v) is 33.3. The van der Waals surface area contributed by atoms with Gasteiger partial charge in [0.2, 0.25) is 24.4 Å². The molecular formula is C45H47FN2O11. The summed E-state index contributed by atoms with van der Waals surface area (Å²) in [6.07, 6.45) is 0.0266. The van der Waals surface area contributed by atoms with E-state index in [4.69, 9.17) is 33.2 Å². The summed E-state index contributed by atoms with van der Waals surface area (Å²) in [5.74, 6) is -2.14. The maximum absolute atomic E-state index is 14.9. The zero-order chi connectivity index (χ0) is 41.6. The number of esters is 2. The van der Waals surface area contributed by atoms with Gasteiger partial charge < -0.3 is 43.8 Å². The van der Waals surface area contributed by atoms with Crippen molar-refractivity contribution in [3.8, 4) is 39.9 Å². The van der Waals surface area contributed by atoms with Crippen LogP contribution in [0.4, 0.5) is 4.39 Å². The Bertz CT molecular complexity index is 2190. The second-order valence-electron chi connectivity index (χ2n) is 14.7. The topological polar surface area (TPSA) is 157 Å². The van der Waals surface area contributed by atoms with Crippen LogP contribution in [0.15, 0.2) is 72.8 Å². The molecule has 310 valence electrons. The lowest BCUT2D eigenvalue weighted by Crippen LogP contribution is -2.36. The number of ether oxygens (including phenoxy) is 7. The highest BCUT2D eigenvalue weighted by molar-refractivity contribution is 5.84. The van der Waals surface area contributed by atoms with Gasteiger partial charge in [-0.2, -0.15) is 0 Å². The van der Waals surface area contributed by atoms with E-state index in [0.717, 1.165) is 5.56 Å². The molecule has 1 saturated heterocycles. The Balaban J connectivity index is 0.923. The third kappa shape index (κ3) is 8.62. The number of amides is 2. The van der Waals surface area contributed by atoms with Crippen molar-refractivity contribution in [2.24, 2.45) is 11.8 Å². The fourth-order valence-electron chi connectivity index (χ4n) is 8.09. The molecule has 3 aliphatic rings. The molecule has 0 aromatic heterocycles. The zero-order valence-electron chi connectivity index (χ0n) is 33.3. The number of fused-ring (bicyclic) bond motifs is 3. The first-order chi connectivity index (χ1) is 28.6. The van der Waals surface area contributed by atoms with Gasteiger partial charge in [-0.05, 0) is 72.4 Å². The van der Waals surface area contributed by atoms with E-state index in [-0.39, 0.29) is 43.9 Å². The molecule has 5 atom stereocenters. The van der Waals surface area contributed by atoms with Crippen molar-refractivity contribution in [2.45, 2.75) is 50.5 Å². The minimum absolute atomic E-state index is 0.0164. The first-order valence-electron chi connectivity index (χ1n) is 19.6. The molecule has 0 bridgehead atoms. The smallest absolute Gasteiger partial charge is 0.310 e. The number of halogens is 1. The Kier molecular flexibility index (Phi) is 12.5. The summed E-state index contributed by atoms with van der Waals surface area (Å²) in [6.45, 7) is 2.50. The summed E-state index contributed by atoms with van der Waals surface area (Å²) in [7, 11) is 4.54. The molecule has 2 N–H and O–H groups in total. The van der Waals surface area contributed by atoms with Gasteiger partial charge in [0.25, 0.3) is 0 Å². The number of rotatable bonds is 16. The Morgan fingerprint density at radius 2 is 1.49 bits per heavy atom. The average Bonchev–Trinajstić information content (AvgIpc) is 3.88. The molecule has 0 spiro atoms. The minimum atomic E-state index is -0.865. The fraction of sp³-hybridized carbons (Fsp3) is 0.378. The van der Waals surface area contributed by atoms with Crippen LogP contribution in [0.3, 0.4) is 0 Å².